The first-order valence-electron chi connectivity index (χ1n) is 27.8. The Kier molecular flexibility index (Phi) is 50.5. The Morgan fingerprint density at radius 2 is 0.672 bits per heavy atom. The highest BCUT2D eigenvalue weighted by molar-refractivity contribution is 5.76. The molecule has 0 heterocycles. The SMILES string of the molecule is CCCCCCCCCCCCCCCCCCCCC(=O)OCCCCCCCCCCCC(=O)NC(CO)C(O)CCCCCCCCCCCCCCCCCCC. The molecule has 3 N–H and O–H groups in total. The summed E-state index contributed by atoms with van der Waals surface area (Å²) in [7, 11) is 0. The molecule has 2 atom stereocenters. The normalized spacial score (nSPS) is 12.5. The number of aliphatic hydroxyl groups excluding tert-OH is 2. The van der Waals surface area contributed by atoms with Crippen molar-refractivity contribution in [1.82, 2.24) is 5.32 Å². The first-order chi connectivity index (χ1) is 30.0. The van der Waals surface area contributed by atoms with Crippen LogP contribution in [-0.2, 0) is 14.3 Å². The third-order valence-corrected chi connectivity index (χ3v) is 13.2. The van der Waals surface area contributed by atoms with Crippen LogP contribution >= 0.6 is 0 Å². The lowest BCUT2D eigenvalue weighted by molar-refractivity contribution is -0.143. The smallest absolute Gasteiger partial charge is 0.305 e. The maximum Gasteiger partial charge on any atom is 0.305 e. The number of hydrogen-bond donors (Lipinski definition) is 3. The molecular formula is C55H109NO5. The zero-order valence-electron chi connectivity index (χ0n) is 41.4. The van der Waals surface area contributed by atoms with Gasteiger partial charge >= 0.3 is 5.97 Å². The predicted octanol–water partition coefficient (Wildman–Crippen LogP) is 16.7. The molecular weight excluding hydrogens is 755 g/mol. The summed E-state index contributed by atoms with van der Waals surface area (Å²) >= 11 is 0. The fourth-order valence-corrected chi connectivity index (χ4v) is 8.88. The monoisotopic (exact) mass is 864 g/mol. The van der Waals surface area contributed by atoms with Gasteiger partial charge < -0.3 is 20.3 Å². The Hall–Kier alpha value is -1.14. The summed E-state index contributed by atoms with van der Waals surface area (Å²) < 4.78 is 5.47. The van der Waals surface area contributed by atoms with Crippen molar-refractivity contribution in [2.45, 2.75) is 328 Å². The molecule has 0 spiro atoms. The van der Waals surface area contributed by atoms with Crippen LogP contribution in [-0.4, -0.2) is 47.4 Å². The van der Waals surface area contributed by atoms with E-state index in [0.717, 1.165) is 57.8 Å². The minimum Gasteiger partial charge on any atom is -0.466 e. The van der Waals surface area contributed by atoms with Crippen molar-refractivity contribution < 1.29 is 24.5 Å². The first kappa shape index (κ1) is 59.9. The third-order valence-electron chi connectivity index (χ3n) is 13.2. The van der Waals surface area contributed by atoms with E-state index >= 15 is 0 Å². The minimum atomic E-state index is -0.680. The summed E-state index contributed by atoms with van der Waals surface area (Å²) in [6.07, 6.45) is 57.9. The van der Waals surface area contributed by atoms with Crippen molar-refractivity contribution in [2.24, 2.45) is 0 Å². The highest BCUT2D eigenvalue weighted by Crippen LogP contribution is 2.18. The van der Waals surface area contributed by atoms with Crippen LogP contribution < -0.4 is 5.32 Å². The number of ether oxygens (including phenoxy) is 1. The molecule has 1 amide bonds. The van der Waals surface area contributed by atoms with Crippen molar-refractivity contribution in [2.75, 3.05) is 13.2 Å². The first-order valence-corrected chi connectivity index (χ1v) is 27.8. The molecule has 6 heteroatoms. The highest BCUT2D eigenvalue weighted by atomic mass is 16.5. The average molecular weight is 864 g/mol. The lowest BCUT2D eigenvalue weighted by Crippen LogP contribution is -2.45. The molecule has 0 saturated heterocycles. The van der Waals surface area contributed by atoms with E-state index in [1.807, 2.05) is 0 Å². The summed E-state index contributed by atoms with van der Waals surface area (Å²) in [6.45, 7) is 4.92. The lowest BCUT2D eigenvalue weighted by Gasteiger charge is -2.22. The quantitative estimate of drug-likeness (QED) is 0.0418. The second-order valence-electron chi connectivity index (χ2n) is 19.3. The van der Waals surface area contributed by atoms with Crippen LogP contribution in [0.3, 0.4) is 0 Å². The van der Waals surface area contributed by atoms with Crippen molar-refractivity contribution in [3.63, 3.8) is 0 Å². The fourth-order valence-electron chi connectivity index (χ4n) is 8.88. The standard InChI is InChI=1S/C55H109NO5/c1-3-5-7-9-11-13-15-17-19-21-23-25-27-29-33-37-41-45-49-55(60)61-50-46-42-38-34-30-32-36-40-44-48-54(59)56-52(51-57)53(58)47-43-39-35-31-28-26-24-22-20-18-16-14-12-10-8-6-4-2/h52-53,57-58H,3-51H2,1-2H3,(H,56,59). The largest absolute Gasteiger partial charge is 0.466 e. The van der Waals surface area contributed by atoms with E-state index in [4.69, 9.17) is 4.74 Å². The summed E-state index contributed by atoms with van der Waals surface area (Å²) in [4.78, 5) is 24.5. The van der Waals surface area contributed by atoms with Crippen LogP contribution in [0.1, 0.15) is 316 Å². The number of amides is 1. The van der Waals surface area contributed by atoms with Gasteiger partial charge in [0.15, 0.2) is 0 Å². The fraction of sp³-hybridized carbons (Fsp3) is 0.964. The molecule has 0 aromatic rings. The third kappa shape index (κ3) is 48.2. The van der Waals surface area contributed by atoms with Gasteiger partial charge in [0.25, 0.3) is 0 Å². The van der Waals surface area contributed by atoms with E-state index < -0.39 is 12.1 Å². The van der Waals surface area contributed by atoms with Crippen molar-refractivity contribution in [3.05, 3.63) is 0 Å². The molecule has 0 aromatic heterocycles. The van der Waals surface area contributed by atoms with Crippen LogP contribution in [0.2, 0.25) is 0 Å². The Bertz CT molecular complexity index is 867. The number of aliphatic hydroxyl groups is 2. The molecule has 0 bridgehead atoms. The Labute approximate surface area is 381 Å². The molecule has 61 heavy (non-hydrogen) atoms. The topological polar surface area (TPSA) is 95.9 Å². The molecule has 0 aromatic carbocycles. The second kappa shape index (κ2) is 51.5. The number of nitrogens with one attached hydrogen (secondary N) is 1. The summed E-state index contributed by atoms with van der Waals surface area (Å²) in [6, 6.07) is -0.560. The van der Waals surface area contributed by atoms with E-state index in [9.17, 15) is 19.8 Å². The van der Waals surface area contributed by atoms with Gasteiger partial charge in [0.05, 0.1) is 25.4 Å². The van der Waals surface area contributed by atoms with Crippen LogP contribution in [0, 0.1) is 0 Å². The number of carbonyl (C=O) groups excluding carboxylic acids is 2. The molecule has 0 aliphatic carbocycles. The lowest BCUT2D eigenvalue weighted by atomic mass is 10.0. The molecule has 0 rings (SSSR count). The Morgan fingerprint density at radius 3 is 1.00 bits per heavy atom. The highest BCUT2D eigenvalue weighted by Gasteiger charge is 2.20. The van der Waals surface area contributed by atoms with Gasteiger partial charge in [0, 0.05) is 12.8 Å². The summed E-state index contributed by atoms with van der Waals surface area (Å²) in [5, 5.41) is 23.3. The van der Waals surface area contributed by atoms with Gasteiger partial charge in [-0.05, 0) is 25.7 Å². The van der Waals surface area contributed by atoms with E-state index in [0.29, 0.717) is 25.9 Å². The zero-order valence-corrected chi connectivity index (χ0v) is 41.4. The molecule has 0 aliphatic heterocycles. The molecule has 0 fully saturated rings. The molecule has 364 valence electrons. The van der Waals surface area contributed by atoms with Gasteiger partial charge in [0.2, 0.25) is 5.91 Å². The maximum absolute atomic E-state index is 12.5. The van der Waals surface area contributed by atoms with Gasteiger partial charge in [-0.25, -0.2) is 0 Å². The Balaban J connectivity index is 3.45. The van der Waals surface area contributed by atoms with Crippen molar-refractivity contribution in [1.29, 1.82) is 0 Å². The van der Waals surface area contributed by atoms with E-state index in [1.165, 1.54) is 225 Å². The maximum atomic E-state index is 12.5. The molecule has 0 saturated carbocycles. The van der Waals surface area contributed by atoms with Gasteiger partial charge in [-0.2, -0.15) is 0 Å². The number of unbranched alkanes of at least 4 members (excludes halogenated alkanes) is 41. The number of esters is 1. The van der Waals surface area contributed by atoms with Gasteiger partial charge in [0.1, 0.15) is 0 Å². The molecule has 0 aliphatic rings. The minimum absolute atomic E-state index is 0.0195. The Morgan fingerprint density at radius 1 is 0.393 bits per heavy atom. The zero-order chi connectivity index (χ0) is 44.4. The van der Waals surface area contributed by atoms with E-state index in [1.54, 1.807) is 0 Å². The summed E-state index contributed by atoms with van der Waals surface area (Å²) in [5.41, 5.74) is 0. The number of rotatable bonds is 52. The van der Waals surface area contributed by atoms with Crippen LogP contribution in [0.25, 0.3) is 0 Å². The van der Waals surface area contributed by atoms with Crippen LogP contribution in [0.15, 0.2) is 0 Å². The number of carbonyl (C=O) groups is 2. The van der Waals surface area contributed by atoms with Crippen LogP contribution in [0.5, 0.6) is 0 Å². The predicted molar refractivity (Wildman–Crippen MR) is 264 cm³/mol. The van der Waals surface area contributed by atoms with E-state index in [-0.39, 0.29) is 18.5 Å². The average Bonchev–Trinajstić information content (AvgIpc) is 3.26. The second-order valence-corrected chi connectivity index (χ2v) is 19.3. The molecule has 6 nitrogen and oxygen atoms in total. The van der Waals surface area contributed by atoms with Crippen molar-refractivity contribution in [3.8, 4) is 0 Å². The van der Waals surface area contributed by atoms with Crippen LogP contribution in [0.4, 0.5) is 0 Å². The van der Waals surface area contributed by atoms with Crippen molar-refractivity contribution >= 4 is 11.9 Å². The van der Waals surface area contributed by atoms with Gasteiger partial charge in [-0.1, -0.05) is 277 Å². The van der Waals surface area contributed by atoms with Gasteiger partial charge in [-0.3, -0.25) is 9.59 Å². The van der Waals surface area contributed by atoms with E-state index in [2.05, 4.69) is 19.2 Å². The number of hydrogen-bond acceptors (Lipinski definition) is 5. The summed E-state index contributed by atoms with van der Waals surface area (Å²) in [5.74, 6) is -0.0782. The van der Waals surface area contributed by atoms with Gasteiger partial charge in [-0.15, -0.1) is 0 Å². The molecule has 0 radical (unpaired) electrons. The molecule has 2 unspecified atom stereocenters.